The van der Waals surface area contributed by atoms with Gasteiger partial charge in [-0.1, -0.05) is 12.5 Å². The number of sulfonamides is 1. The van der Waals surface area contributed by atoms with E-state index in [4.69, 9.17) is 0 Å². The maximum atomic E-state index is 13.3. The van der Waals surface area contributed by atoms with Crippen molar-refractivity contribution in [2.75, 3.05) is 36.4 Å². The lowest BCUT2D eigenvalue weighted by Crippen LogP contribution is -2.40. The molecule has 0 aliphatic carbocycles. The molecule has 0 atom stereocenters. The van der Waals surface area contributed by atoms with Crippen LogP contribution in [0.1, 0.15) is 43.2 Å². The number of nitrogens with one attached hydrogen (secondary N) is 1. The molecule has 1 aromatic heterocycles. The topological polar surface area (TPSA) is 82.6 Å². The van der Waals surface area contributed by atoms with Gasteiger partial charge < -0.3 is 10.2 Å². The van der Waals surface area contributed by atoms with Crippen molar-refractivity contribution in [3.8, 4) is 0 Å². The Morgan fingerprint density at radius 1 is 1.00 bits per heavy atom. The molecule has 1 amide bonds. The Labute approximate surface area is 190 Å². The van der Waals surface area contributed by atoms with Gasteiger partial charge in [0.2, 0.25) is 15.9 Å². The molecule has 2 aliphatic heterocycles. The molecular formula is C24H32N4O3S. The second-order valence-electron chi connectivity index (χ2n) is 8.84. The van der Waals surface area contributed by atoms with Gasteiger partial charge in [0.1, 0.15) is 10.7 Å². The van der Waals surface area contributed by atoms with E-state index in [9.17, 15) is 13.2 Å². The molecule has 7 nitrogen and oxygen atoms in total. The summed E-state index contributed by atoms with van der Waals surface area (Å²) in [4.78, 5) is 19.5. The number of rotatable bonds is 5. The molecule has 1 N–H and O–H groups in total. The molecule has 1 aromatic carbocycles. The zero-order chi connectivity index (χ0) is 22.7. The summed E-state index contributed by atoms with van der Waals surface area (Å²) in [6.07, 6.45) is 5.84. The Morgan fingerprint density at radius 2 is 1.72 bits per heavy atom. The Bertz CT molecular complexity index is 1070. The first-order valence-corrected chi connectivity index (χ1v) is 12.9. The summed E-state index contributed by atoms with van der Waals surface area (Å²) in [5.41, 5.74) is 3.16. The molecule has 32 heavy (non-hydrogen) atoms. The Kier molecular flexibility index (Phi) is 6.81. The van der Waals surface area contributed by atoms with Crippen molar-refractivity contribution in [2.24, 2.45) is 5.92 Å². The van der Waals surface area contributed by atoms with E-state index in [2.05, 4.69) is 10.3 Å². The summed E-state index contributed by atoms with van der Waals surface area (Å²) in [5, 5.41) is 3.04. The number of aryl methyl sites for hydroxylation is 2. The third-order valence-corrected chi connectivity index (χ3v) is 8.54. The Balaban J connectivity index is 1.43. The largest absolute Gasteiger partial charge is 0.355 e. The second-order valence-corrected chi connectivity index (χ2v) is 10.7. The number of carbonyl (C=O) groups excluding carboxylic acids is 1. The van der Waals surface area contributed by atoms with Gasteiger partial charge in [0, 0.05) is 44.0 Å². The van der Waals surface area contributed by atoms with E-state index in [0.717, 1.165) is 30.5 Å². The molecule has 0 bridgehead atoms. The number of hydrogen-bond acceptors (Lipinski definition) is 5. The van der Waals surface area contributed by atoms with Crippen LogP contribution in [0.3, 0.4) is 0 Å². The SMILES string of the molecule is Cc1ccc(NC(=O)C2CCN(c3ncccc3S(=O)(=O)N3CCCCC3)CC2)cc1C. The lowest BCUT2D eigenvalue weighted by molar-refractivity contribution is -0.120. The monoisotopic (exact) mass is 456 g/mol. The molecular weight excluding hydrogens is 424 g/mol. The van der Waals surface area contributed by atoms with Crippen LogP contribution in [0.5, 0.6) is 0 Å². The fourth-order valence-corrected chi connectivity index (χ4v) is 6.16. The van der Waals surface area contributed by atoms with E-state index in [1.165, 1.54) is 5.56 Å². The van der Waals surface area contributed by atoms with Crippen molar-refractivity contribution in [3.63, 3.8) is 0 Å². The predicted molar refractivity (Wildman–Crippen MR) is 126 cm³/mol. The van der Waals surface area contributed by atoms with Crippen molar-refractivity contribution in [1.29, 1.82) is 0 Å². The molecule has 2 saturated heterocycles. The maximum Gasteiger partial charge on any atom is 0.246 e. The molecule has 2 aliphatic rings. The summed E-state index contributed by atoms with van der Waals surface area (Å²) < 4.78 is 28.1. The smallest absolute Gasteiger partial charge is 0.246 e. The molecule has 8 heteroatoms. The maximum absolute atomic E-state index is 13.3. The standard InChI is InChI=1S/C24H32N4O3S/c1-18-8-9-21(17-19(18)2)26-24(29)20-10-15-27(16-11-20)23-22(7-6-12-25-23)32(30,31)28-13-4-3-5-14-28/h6-9,12,17,20H,3-5,10-11,13-16H2,1-2H3,(H,26,29). The molecule has 0 unspecified atom stereocenters. The number of pyridine rings is 1. The van der Waals surface area contributed by atoms with Gasteiger partial charge >= 0.3 is 0 Å². The predicted octanol–water partition coefficient (Wildman–Crippen LogP) is 3.73. The average Bonchev–Trinajstić information content (AvgIpc) is 2.82. The minimum atomic E-state index is -3.57. The van der Waals surface area contributed by atoms with E-state index in [-0.39, 0.29) is 16.7 Å². The van der Waals surface area contributed by atoms with Crippen molar-refractivity contribution in [3.05, 3.63) is 47.7 Å². The van der Waals surface area contributed by atoms with E-state index in [0.29, 0.717) is 44.8 Å². The van der Waals surface area contributed by atoms with E-state index >= 15 is 0 Å². The number of hydrogen-bond donors (Lipinski definition) is 1. The Morgan fingerprint density at radius 3 is 2.41 bits per heavy atom. The fourth-order valence-electron chi connectivity index (χ4n) is 4.48. The van der Waals surface area contributed by atoms with Crippen molar-refractivity contribution >= 4 is 27.4 Å². The number of amides is 1. The number of aromatic nitrogens is 1. The molecule has 0 spiro atoms. The third-order valence-electron chi connectivity index (χ3n) is 6.62. The first-order chi connectivity index (χ1) is 15.4. The number of anilines is 2. The molecule has 2 aromatic rings. The first-order valence-electron chi connectivity index (χ1n) is 11.4. The highest BCUT2D eigenvalue weighted by Crippen LogP contribution is 2.31. The summed E-state index contributed by atoms with van der Waals surface area (Å²) in [5.74, 6) is 0.430. The number of piperidine rings is 2. The molecule has 0 radical (unpaired) electrons. The van der Waals surface area contributed by atoms with Crippen LogP contribution < -0.4 is 10.2 Å². The van der Waals surface area contributed by atoms with Gasteiger partial charge in [0.15, 0.2) is 0 Å². The van der Waals surface area contributed by atoms with Crippen LogP contribution in [0.2, 0.25) is 0 Å². The normalized spacial score (nSPS) is 18.5. The lowest BCUT2D eigenvalue weighted by Gasteiger charge is -2.34. The van der Waals surface area contributed by atoms with Gasteiger partial charge in [0.25, 0.3) is 0 Å². The fraction of sp³-hybridized carbons (Fsp3) is 0.500. The zero-order valence-corrected chi connectivity index (χ0v) is 19.7. The molecule has 0 saturated carbocycles. The summed E-state index contributed by atoms with van der Waals surface area (Å²) in [7, 11) is -3.57. The molecule has 3 heterocycles. The average molecular weight is 457 g/mol. The van der Waals surface area contributed by atoms with Crippen molar-refractivity contribution in [2.45, 2.75) is 50.8 Å². The van der Waals surface area contributed by atoms with Crippen LogP contribution in [-0.4, -0.2) is 49.8 Å². The van der Waals surface area contributed by atoms with Gasteiger partial charge in [-0.05, 0) is 74.9 Å². The molecule has 2 fully saturated rings. The number of nitrogens with zero attached hydrogens (tertiary/aromatic N) is 3. The molecule has 4 rings (SSSR count). The van der Waals surface area contributed by atoms with Gasteiger partial charge in [-0.25, -0.2) is 13.4 Å². The van der Waals surface area contributed by atoms with Crippen LogP contribution in [0.4, 0.5) is 11.5 Å². The third kappa shape index (κ3) is 4.81. The van der Waals surface area contributed by atoms with Crippen LogP contribution in [0.25, 0.3) is 0 Å². The summed E-state index contributed by atoms with van der Waals surface area (Å²) in [6, 6.07) is 9.28. The van der Waals surface area contributed by atoms with Gasteiger partial charge in [-0.3, -0.25) is 4.79 Å². The number of carbonyl (C=O) groups is 1. The highest BCUT2D eigenvalue weighted by Gasteiger charge is 2.32. The van der Waals surface area contributed by atoms with Crippen LogP contribution in [-0.2, 0) is 14.8 Å². The van der Waals surface area contributed by atoms with Crippen LogP contribution in [0.15, 0.2) is 41.4 Å². The Hall–Kier alpha value is -2.45. The van der Waals surface area contributed by atoms with Gasteiger partial charge in [-0.2, -0.15) is 4.31 Å². The quantitative estimate of drug-likeness (QED) is 0.741. The minimum absolute atomic E-state index is 0.0232. The molecule has 172 valence electrons. The van der Waals surface area contributed by atoms with Crippen molar-refractivity contribution < 1.29 is 13.2 Å². The van der Waals surface area contributed by atoms with Gasteiger partial charge in [0.05, 0.1) is 0 Å². The lowest BCUT2D eigenvalue weighted by atomic mass is 9.95. The second kappa shape index (κ2) is 9.58. The first kappa shape index (κ1) is 22.7. The van der Waals surface area contributed by atoms with Gasteiger partial charge in [-0.15, -0.1) is 0 Å². The van der Waals surface area contributed by atoms with Crippen molar-refractivity contribution in [1.82, 2.24) is 9.29 Å². The zero-order valence-electron chi connectivity index (χ0n) is 18.9. The van der Waals surface area contributed by atoms with Crippen LogP contribution in [0, 0.1) is 19.8 Å². The van der Waals surface area contributed by atoms with Crippen LogP contribution >= 0.6 is 0 Å². The van der Waals surface area contributed by atoms with E-state index in [1.54, 1.807) is 22.6 Å². The highest BCUT2D eigenvalue weighted by molar-refractivity contribution is 7.89. The minimum Gasteiger partial charge on any atom is -0.355 e. The van der Waals surface area contributed by atoms with E-state index in [1.807, 2.05) is 36.9 Å². The van der Waals surface area contributed by atoms with E-state index < -0.39 is 10.0 Å². The highest BCUT2D eigenvalue weighted by atomic mass is 32.2. The summed E-state index contributed by atoms with van der Waals surface area (Å²) in [6.45, 7) is 6.42. The summed E-state index contributed by atoms with van der Waals surface area (Å²) >= 11 is 0. The number of benzene rings is 1.